The first-order valence-electron chi connectivity index (χ1n) is 10.2. The van der Waals surface area contributed by atoms with Crippen LogP contribution in [-0.4, -0.2) is 77.6 Å². The summed E-state index contributed by atoms with van der Waals surface area (Å²) in [4.78, 5) is 26.1. The van der Waals surface area contributed by atoms with Crippen molar-refractivity contribution in [2.24, 2.45) is 5.10 Å². The van der Waals surface area contributed by atoms with Crippen LogP contribution < -0.4 is 14.5 Å². The number of morpholine rings is 1. The van der Waals surface area contributed by atoms with Gasteiger partial charge in [-0.25, -0.2) is 13.8 Å². The largest absolute Gasteiger partial charge is 0.484 e. The average molecular weight is 475 g/mol. The zero-order valence-corrected chi connectivity index (χ0v) is 19.2. The zero-order valence-electron chi connectivity index (χ0n) is 18.4. The Kier molecular flexibility index (Phi) is 8.01. The van der Waals surface area contributed by atoms with Crippen molar-refractivity contribution in [1.29, 1.82) is 0 Å². The fourth-order valence-corrected chi connectivity index (χ4v) is 3.45. The van der Waals surface area contributed by atoms with Crippen LogP contribution in [0, 0.1) is 0 Å². The molecule has 1 saturated heterocycles. The molecular weight excluding hydrogens is 448 g/mol. The minimum absolute atomic E-state index is 0.0394. The maximum absolute atomic E-state index is 12.2. The van der Waals surface area contributed by atoms with Gasteiger partial charge in [0.2, 0.25) is 10.0 Å². The summed E-state index contributed by atoms with van der Waals surface area (Å²) in [6.07, 6.45) is 2.58. The van der Waals surface area contributed by atoms with Crippen LogP contribution in [0.15, 0.2) is 53.6 Å². The van der Waals surface area contributed by atoms with E-state index in [4.69, 9.17) is 9.47 Å². The van der Waals surface area contributed by atoms with Crippen molar-refractivity contribution in [1.82, 2.24) is 10.3 Å². The number of hydrogen-bond acceptors (Lipinski definition) is 7. The number of hydrazone groups is 1. The van der Waals surface area contributed by atoms with E-state index in [1.54, 1.807) is 41.3 Å². The first kappa shape index (κ1) is 24.2. The van der Waals surface area contributed by atoms with Crippen LogP contribution >= 0.6 is 0 Å². The second kappa shape index (κ2) is 10.9. The van der Waals surface area contributed by atoms with Gasteiger partial charge < -0.3 is 14.4 Å². The van der Waals surface area contributed by atoms with Gasteiger partial charge in [-0.15, -0.1) is 0 Å². The molecule has 0 aromatic heterocycles. The van der Waals surface area contributed by atoms with Gasteiger partial charge in [-0.3, -0.25) is 13.9 Å². The molecule has 0 radical (unpaired) electrons. The molecule has 1 aliphatic heterocycles. The number of nitrogens with zero attached hydrogens (tertiary/aromatic N) is 3. The summed E-state index contributed by atoms with van der Waals surface area (Å²) in [5.74, 6) is 0.0426. The molecule has 0 saturated carbocycles. The van der Waals surface area contributed by atoms with E-state index in [1.165, 1.54) is 25.4 Å². The number of benzene rings is 2. The van der Waals surface area contributed by atoms with Gasteiger partial charge in [0.25, 0.3) is 11.8 Å². The second-order valence-electron chi connectivity index (χ2n) is 7.33. The van der Waals surface area contributed by atoms with Gasteiger partial charge in [0.15, 0.2) is 6.61 Å². The highest BCUT2D eigenvalue weighted by molar-refractivity contribution is 7.92. The van der Waals surface area contributed by atoms with Crippen LogP contribution in [0.25, 0.3) is 0 Å². The van der Waals surface area contributed by atoms with E-state index in [1.807, 2.05) is 0 Å². The van der Waals surface area contributed by atoms with Crippen molar-refractivity contribution in [2.75, 3.05) is 50.5 Å². The van der Waals surface area contributed by atoms with Crippen molar-refractivity contribution in [3.05, 3.63) is 59.7 Å². The minimum atomic E-state index is -3.37. The molecule has 3 rings (SSSR count). The van der Waals surface area contributed by atoms with Crippen LogP contribution in [0.2, 0.25) is 0 Å². The lowest BCUT2D eigenvalue weighted by Crippen LogP contribution is -2.42. The van der Waals surface area contributed by atoms with Gasteiger partial charge in [-0.05, 0) is 54.1 Å². The number of carbonyl (C=O) groups is 2. The molecule has 11 heteroatoms. The number of anilines is 1. The lowest BCUT2D eigenvalue weighted by molar-refractivity contribution is -0.137. The summed E-state index contributed by atoms with van der Waals surface area (Å²) in [6.45, 7) is 2.20. The van der Waals surface area contributed by atoms with E-state index < -0.39 is 15.9 Å². The van der Waals surface area contributed by atoms with Crippen LogP contribution in [0.4, 0.5) is 5.69 Å². The first-order chi connectivity index (χ1) is 15.7. The molecular formula is C22H26N4O6S. The quantitative estimate of drug-likeness (QED) is 0.452. The van der Waals surface area contributed by atoms with Crippen LogP contribution in [-0.2, 0) is 19.6 Å². The molecule has 176 valence electrons. The second-order valence-corrected chi connectivity index (χ2v) is 9.34. The van der Waals surface area contributed by atoms with Gasteiger partial charge in [-0.2, -0.15) is 5.10 Å². The first-order valence-corrected chi connectivity index (χ1v) is 12.0. The molecule has 1 fully saturated rings. The molecule has 0 spiro atoms. The summed E-state index contributed by atoms with van der Waals surface area (Å²) in [6, 6.07) is 13.1. The third kappa shape index (κ3) is 7.02. The highest BCUT2D eigenvalue weighted by atomic mass is 32.2. The Hall–Kier alpha value is -3.44. The number of sulfonamides is 1. The Balaban J connectivity index is 1.48. The van der Waals surface area contributed by atoms with Gasteiger partial charge in [0.1, 0.15) is 5.75 Å². The summed E-state index contributed by atoms with van der Waals surface area (Å²) in [7, 11) is -1.94. The van der Waals surface area contributed by atoms with Crippen molar-refractivity contribution in [2.45, 2.75) is 0 Å². The van der Waals surface area contributed by atoms with Crippen LogP contribution in [0.3, 0.4) is 0 Å². The third-order valence-corrected chi connectivity index (χ3v) is 6.18. The molecule has 0 bridgehead atoms. The molecule has 10 nitrogen and oxygen atoms in total. The van der Waals surface area contributed by atoms with E-state index in [-0.39, 0.29) is 12.5 Å². The molecule has 33 heavy (non-hydrogen) atoms. The number of rotatable bonds is 8. The van der Waals surface area contributed by atoms with E-state index >= 15 is 0 Å². The summed E-state index contributed by atoms with van der Waals surface area (Å²) in [5.41, 5.74) is 3.94. The highest BCUT2D eigenvalue weighted by Gasteiger charge is 2.17. The standard InChI is InChI=1S/C22H26N4O6S/c1-25(33(2,29)30)19-7-5-18(6-8-19)22(28)24-23-15-17-3-9-20(10-4-17)32-16-21(27)26-11-13-31-14-12-26/h3-10,15H,11-14,16H2,1-2H3,(H,24,28)/b23-15-. The van der Waals surface area contributed by atoms with Crippen molar-refractivity contribution in [3.8, 4) is 5.75 Å². The Bertz CT molecular complexity index is 1090. The third-order valence-electron chi connectivity index (χ3n) is 4.98. The van der Waals surface area contributed by atoms with Gasteiger partial charge in [0.05, 0.1) is 31.4 Å². The monoisotopic (exact) mass is 474 g/mol. The summed E-state index contributed by atoms with van der Waals surface area (Å²) < 4.78 is 35.0. The summed E-state index contributed by atoms with van der Waals surface area (Å²) >= 11 is 0. The van der Waals surface area contributed by atoms with Crippen molar-refractivity contribution in [3.63, 3.8) is 0 Å². The van der Waals surface area contributed by atoms with Crippen molar-refractivity contribution >= 4 is 33.7 Å². The molecule has 2 aromatic carbocycles. The molecule has 2 aromatic rings. The smallest absolute Gasteiger partial charge is 0.271 e. The number of carbonyl (C=O) groups excluding carboxylic acids is 2. The fraction of sp³-hybridized carbons (Fsp3) is 0.318. The maximum atomic E-state index is 12.2. The van der Waals surface area contributed by atoms with Gasteiger partial charge >= 0.3 is 0 Å². The highest BCUT2D eigenvalue weighted by Crippen LogP contribution is 2.16. The number of nitrogens with one attached hydrogen (secondary N) is 1. The molecule has 1 heterocycles. The number of ether oxygens (including phenoxy) is 2. The zero-order chi connectivity index (χ0) is 23.8. The van der Waals surface area contributed by atoms with E-state index in [0.717, 1.165) is 16.1 Å². The average Bonchev–Trinajstić information content (AvgIpc) is 2.83. The Morgan fingerprint density at radius 2 is 1.76 bits per heavy atom. The molecule has 0 aliphatic carbocycles. The topological polar surface area (TPSA) is 118 Å². The predicted molar refractivity (Wildman–Crippen MR) is 124 cm³/mol. The van der Waals surface area contributed by atoms with E-state index in [0.29, 0.717) is 43.3 Å². The minimum Gasteiger partial charge on any atom is -0.484 e. The Morgan fingerprint density at radius 1 is 1.12 bits per heavy atom. The van der Waals surface area contributed by atoms with Crippen molar-refractivity contribution < 1.29 is 27.5 Å². The Labute approximate surface area is 192 Å². The van der Waals surface area contributed by atoms with E-state index in [9.17, 15) is 18.0 Å². The van der Waals surface area contributed by atoms with Crippen LogP contribution in [0.1, 0.15) is 15.9 Å². The SMILES string of the molecule is CN(c1ccc(C(=O)N/N=C\c2ccc(OCC(=O)N3CCOCC3)cc2)cc1)S(C)(=O)=O. The molecule has 1 N–H and O–H groups in total. The number of amides is 2. The molecule has 2 amide bonds. The number of hydrogen-bond donors (Lipinski definition) is 1. The van der Waals surface area contributed by atoms with Gasteiger partial charge in [-0.1, -0.05) is 0 Å². The lowest BCUT2D eigenvalue weighted by Gasteiger charge is -2.26. The summed E-state index contributed by atoms with van der Waals surface area (Å²) in [5, 5.41) is 3.94. The molecule has 0 unspecified atom stereocenters. The lowest BCUT2D eigenvalue weighted by atomic mass is 10.2. The fourth-order valence-electron chi connectivity index (χ4n) is 2.94. The van der Waals surface area contributed by atoms with E-state index in [2.05, 4.69) is 10.5 Å². The molecule has 1 aliphatic rings. The normalized spacial score (nSPS) is 14.2. The maximum Gasteiger partial charge on any atom is 0.271 e. The predicted octanol–water partition coefficient (Wildman–Crippen LogP) is 1.08. The van der Waals surface area contributed by atoms with Crippen LogP contribution in [0.5, 0.6) is 5.75 Å². The molecule has 0 atom stereocenters. The Morgan fingerprint density at radius 3 is 2.36 bits per heavy atom. The van der Waals surface area contributed by atoms with Gasteiger partial charge in [0, 0.05) is 25.7 Å².